The second kappa shape index (κ2) is 4.24. The Morgan fingerprint density at radius 2 is 1.58 bits per heavy atom. The summed E-state index contributed by atoms with van der Waals surface area (Å²) in [4.78, 5) is 0. The van der Waals surface area contributed by atoms with Crippen LogP contribution in [0.1, 0.15) is 34.6 Å². The molecule has 2 unspecified atom stereocenters. The van der Waals surface area contributed by atoms with Crippen LogP contribution < -0.4 is 11.5 Å². The zero-order valence-electron chi connectivity index (χ0n) is 9.09. The summed E-state index contributed by atoms with van der Waals surface area (Å²) < 4.78 is 0. The largest absolute Gasteiger partial charge is 0.330 e. The van der Waals surface area contributed by atoms with E-state index in [4.69, 9.17) is 11.5 Å². The van der Waals surface area contributed by atoms with Crippen LogP contribution in [0.15, 0.2) is 0 Å². The normalized spacial score (nSPS) is 18.0. The Bertz CT molecular complexity index is 124. The molecule has 0 aromatic rings. The first kappa shape index (κ1) is 11.9. The van der Waals surface area contributed by atoms with Gasteiger partial charge in [0, 0.05) is 6.04 Å². The average molecular weight is 172 g/mol. The molecular formula is C10H24N2. The summed E-state index contributed by atoms with van der Waals surface area (Å²) in [7, 11) is 0. The zero-order chi connectivity index (χ0) is 9.94. The summed E-state index contributed by atoms with van der Waals surface area (Å²) in [6.45, 7) is 11.6. The maximum atomic E-state index is 6.13. The second-order valence-electron chi connectivity index (χ2n) is 5.04. The first-order valence-electron chi connectivity index (χ1n) is 4.76. The van der Waals surface area contributed by atoms with E-state index in [2.05, 4.69) is 34.6 Å². The van der Waals surface area contributed by atoms with Gasteiger partial charge in [-0.15, -0.1) is 0 Å². The molecule has 0 aliphatic rings. The van der Waals surface area contributed by atoms with Crippen molar-refractivity contribution < 1.29 is 0 Å². The van der Waals surface area contributed by atoms with E-state index in [0.29, 0.717) is 18.4 Å². The van der Waals surface area contributed by atoms with E-state index in [9.17, 15) is 0 Å². The van der Waals surface area contributed by atoms with E-state index in [1.165, 1.54) is 0 Å². The highest BCUT2D eigenvalue weighted by atomic mass is 14.7. The minimum absolute atomic E-state index is 0.161. The second-order valence-corrected chi connectivity index (χ2v) is 5.04. The van der Waals surface area contributed by atoms with Crippen LogP contribution >= 0.6 is 0 Å². The quantitative estimate of drug-likeness (QED) is 0.679. The van der Waals surface area contributed by atoms with Crippen LogP contribution in [0.4, 0.5) is 0 Å². The lowest BCUT2D eigenvalue weighted by Crippen LogP contribution is -2.46. The van der Waals surface area contributed by atoms with Crippen LogP contribution in [-0.2, 0) is 0 Å². The highest BCUT2D eigenvalue weighted by Crippen LogP contribution is 2.26. The van der Waals surface area contributed by atoms with E-state index >= 15 is 0 Å². The number of rotatable bonds is 3. The van der Waals surface area contributed by atoms with Crippen molar-refractivity contribution in [3.63, 3.8) is 0 Å². The molecular weight excluding hydrogens is 148 g/mol. The molecule has 0 saturated carbocycles. The Morgan fingerprint density at radius 3 is 1.67 bits per heavy atom. The van der Waals surface area contributed by atoms with E-state index in [0.717, 1.165) is 0 Å². The van der Waals surface area contributed by atoms with Crippen LogP contribution in [0, 0.1) is 17.3 Å². The first-order chi connectivity index (χ1) is 5.30. The fourth-order valence-electron chi connectivity index (χ4n) is 1.48. The van der Waals surface area contributed by atoms with Crippen LogP contribution in [0.2, 0.25) is 0 Å². The lowest BCUT2D eigenvalue weighted by atomic mass is 9.75. The molecule has 2 heteroatoms. The Hall–Kier alpha value is -0.0800. The van der Waals surface area contributed by atoms with Crippen molar-refractivity contribution in [2.24, 2.45) is 28.7 Å². The predicted octanol–water partition coefficient (Wildman–Crippen LogP) is 1.59. The Labute approximate surface area is 76.7 Å². The molecule has 0 fully saturated rings. The zero-order valence-corrected chi connectivity index (χ0v) is 9.09. The van der Waals surface area contributed by atoms with E-state index < -0.39 is 0 Å². The molecule has 0 rings (SSSR count). The maximum absolute atomic E-state index is 6.13. The first-order valence-corrected chi connectivity index (χ1v) is 4.76. The Kier molecular flexibility index (Phi) is 4.21. The maximum Gasteiger partial charge on any atom is 0.0131 e. The average Bonchev–Trinajstić information content (AvgIpc) is 1.86. The summed E-state index contributed by atoms with van der Waals surface area (Å²) in [6.07, 6.45) is 0. The van der Waals surface area contributed by atoms with Crippen molar-refractivity contribution >= 4 is 0 Å². The third-order valence-electron chi connectivity index (χ3n) is 2.59. The van der Waals surface area contributed by atoms with Crippen molar-refractivity contribution in [3.8, 4) is 0 Å². The Morgan fingerprint density at radius 1 is 1.17 bits per heavy atom. The van der Waals surface area contributed by atoms with Crippen molar-refractivity contribution in [1.29, 1.82) is 0 Å². The molecule has 0 bridgehead atoms. The lowest BCUT2D eigenvalue weighted by molar-refractivity contribution is 0.199. The van der Waals surface area contributed by atoms with Crippen molar-refractivity contribution in [1.82, 2.24) is 0 Å². The number of nitrogens with two attached hydrogens (primary N) is 2. The van der Waals surface area contributed by atoms with Crippen LogP contribution in [-0.4, -0.2) is 12.6 Å². The van der Waals surface area contributed by atoms with Crippen molar-refractivity contribution in [2.75, 3.05) is 6.54 Å². The van der Waals surface area contributed by atoms with Gasteiger partial charge in [0.1, 0.15) is 0 Å². The third kappa shape index (κ3) is 3.11. The van der Waals surface area contributed by atoms with Crippen LogP contribution in [0.25, 0.3) is 0 Å². The van der Waals surface area contributed by atoms with Crippen molar-refractivity contribution in [2.45, 2.75) is 40.7 Å². The molecule has 0 saturated heterocycles. The molecule has 4 N–H and O–H groups in total. The molecule has 0 amide bonds. The van der Waals surface area contributed by atoms with Crippen LogP contribution in [0.5, 0.6) is 0 Å². The molecule has 74 valence electrons. The molecule has 0 aromatic carbocycles. The molecule has 2 atom stereocenters. The molecule has 12 heavy (non-hydrogen) atoms. The van der Waals surface area contributed by atoms with E-state index in [-0.39, 0.29) is 11.5 Å². The standard InChI is InChI=1S/C10H24N2/c1-7(2)8(6-11)9(12)10(3,4)5/h7-9H,6,11-12H2,1-5H3. The highest BCUT2D eigenvalue weighted by Gasteiger charge is 2.29. The Balaban J connectivity index is 4.32. The minimum Gasteiger partial charge on any atom is -0.330 e. The summed E-state index contributed by atoms with van der Waals surface area (Å²) in [5.74, 6) is 1.01. The van der Waals surface area contributed by atoms with Gasteiger partial charge in [0.25, 0.3) is 0 Å². The van der Waals surface area contributed by atoms with Crippen molar-refractivity contribution in [3.05, 3.63) is 0 Å². The van der Waals surface area contributed by atoms with Gasteiger partial charge < -0.3 is 11.5 Å². The summed E-state index contributed by atoms with van der Waals surface area (Å²) in [6, 6.07) is 0.197. The summed E-state index contributed by atoms with van der Waals surface area (Å²) in [5, 5.41) is 0. The topological polar surface area (TPSA) is 52.0 Å². The molecule has 0 aromatic heterocycles. The SMILES string of the molecule is CC(C)C(CN)C(N)C(C)(C)C. The van der Waals surface area contributed by atoms with E-state index in [1.807, 2.05) is 0 Å². The van der Waals surface area contributed by atoms with Gasteiger partial charge in [-0.25, -0.2) is 0 Å². The van der Waals surface area contributed by atoms with E-state index in [1.54, 1.807) is 0 Å². The highest BCUT2D eigenvalue weighted by molar-refractivity contribution is 4.85. The van der Waals surface area contributed by atoms with Gasteiger partial charge in [-0.05, 0) is 23.8 Å². The monoisotopic (exact) mass is 172 g/mol. The smallest absolute Gasteiger partial charge is 0.0131 e. The lowest BCUT2D eigenvalue weighted by Gasteiger charge is -2.35. The predicted molar refractivity (Wildman–Crippen MR) is 54.8 cm³/mol. The molecule has 0 aliphatic heterocycles. The fraction of sp³-hybridized carbons (Fsp3) is 1.00. The van der Waals surface area contributed by atoms with Gasteiger partial charge >= 0.3 is 0 Å². The van der Waals surface area contributed by atoms with Crippen LogP contribution in [0.3, 0.4) is 0 Å². The molecule has 2 nitrogen and oxygen atoms in total. The van der Waals surface area contributed by atoms with Gasteiger partial charge in [0.05, 0.1) is 0 Å². The summed E-state index contributed by atoms with van der Waals surface area (Å²) >= 11 is 0. The minimum atomic E-state index is 0.161. The van der Waals surface area contributed by atoms with Gasteiger partial charge in [-0.2, -0.15) is 0 Å². The van der Waals surface area contributed by atoms with Gasteiger partial charge in [-0.1, -0.05) is 34.6 Å². The molecule has 0 aliphatic carbocycles. The molecule has 0 radical (unpaired) electrons. The summed E-state index contributed by atoms with van der Waals surface area (Å²) in [5.41, 5.74) is 12.0. The third-order valence-corrected chi connectivity index (χ3v) is 2.59. The number of hydrogen-bond acceptors (Lipinski definition) is 2. The number of hydrogen-bond donors (Lipinski definition) is 2. The molecule has 0 heterocycles. The molecule has 0 spiro atoms. The van der Waals surface area contributed by atoms with Gasteiger partial charge in [0.2, 0.25) is 0 Å². The van der Waals surface area contributed by atoms with Gasteiger partial charge in [0.15, 0.2) is 0 Å². The van der Waals surface area contributed by atoms with Gasteiger partial charge in [-0.3, -0.25) is 0 Å². The fourth-order valence-corrected chi connectivity index (χ4v) is 1.48.